The summed E-state index contributed by atoms with van der Waals surface area (Å²) in [4.78, 5) is 42.7. The lowest BCUT2D eigenvalue weighted by molar-refractivity contribution is -0.140. The van der Waals surface area contributed by atoms with Crippen LogP contribution in [-0.4, -0.2) is 78.5 Å². The third-order valence-corrected chi connectivity index (χ3v) is 6.38. The molecular weight excluding hydrogens is 423 g/mol. The highest BCUT2D eigenvalue weighted by molar-refractivity contribution is 5.93. The molecule has 0 aromatic rings. The Bertz CT molecular complexity index is 693. The van der Waals surface area contributed by atoms with Crippen LogP contribution in [0.5, 0.6) is 0 Å². The van der Waals surface area contributed by atoms with Gasteiger partial charge in [-0.05, 0) is 52.0 Å². The number of likely N-dealkylation sites (N-methyl/N-ethyl adjacent to an activating group) is 1. The van der Waals surface area contributed by atoms with Gasteiger partial charge in [0, 0.05) is 25.2 Å². The van der Waals surface area contributed by atoms with Crippen LogP contribution < -0.4 is 10.6 Å². The predicted octanol–water partition coefficient (Wildman–Crippen LogP) is 2.91. The summed E-state index contributed by atoms with van der Waals surface area (Å²) in [6, 6.07) is -0.957. The fourth-order valence-electron chi connectivity index (χ4n) is 4.37. The summed E-state index contributed by atoms with van der Waals surface area (Å²) in [5.74, 6) is -0.676. The highest BCUT2D eigenvalue weighted by Gasteiger charge is 2.35. The van der Waals surface area contributed by atoms with E-state index in [1.54, 1.807) is 24.9 Å². The molecule has 1 aliphatic rings. The van der Waals surface area contributed by atoms with Crippen LogP contribution in [0.4, 0.5) is 4.39 Å². The van der Waals surface area contributed by atoms with Crippen LogP contribution in [0.15, 0.2) is 11.6 Å². The average molecular weight is 469 g/mol. The maximum absolute atomic E-state index is 13.5. The van der Waals surface area contributed by atoms with Crippen molar-refractivity contribution in [1.29, 1.82) is 0 Å². The molecule has 190 valence electrons. The zero-order chi connectivity index (χ0) is 25.3. The van der Waals surface area contributed by atoms with E-state index in [0.717, 1.165) is 25.8 Å². The smallest absolute Gasteiger partial charge is 0.246 e. The van der Waals surface area contributed by atoms with Crippen LogP contribution in [0.1, 0.15) is 67.7 Å². The molecule has 8 heteroatoms. The van der Waals surface area contributed by atoms with E-state index in [1.165, 1.54) is 0 Å². The van der Waals surface area contributed by atoms with E-state index in [0.29, 0.717) is 5.57 Å². The minimum Gasteiger partial charge on any atom is -0.350 e. The zero-order valence-electron chi connectivity index (χ0n) is 21.8. The van der Waals surface area contributed by atoms with Crippen molar-refractivity contribution in [2.75, 3.05) is 26.8 Å². The van der Waals surface area contributed by atoms with Crippen molar-refractivity contribution < 1.29 is 18.8 Å². The normalized spacial score (nSPS) is 19.5. The maximum Gasteiger partial charge on any atom is 0.246 e. The number of nitrogens with zero attached hydrogens (tertiary/aromatic N) is 2. The van der Waals surface area contributed by atoms with E-state index in [2.05, 4.69) is 29.4 Å². The van der Waals surface area contributed by atoms with Gasteiger partial charge < -0.3 is 15.5 Å². The van der Waals surface area contributed by atoms with Crippen molar-refractivity contribution in [3.8, 4) is 0 Å². The Hall–Kier alpha value is -1.96. The van der Waals surface area contributed by atoms with Crippen molar-refractivity contribution in [2.24, 2.45) is 11.8 Å². The molecule has 1 aliphatic heterocycles. The van der Waals surface area contributed by atoms with E-state index < -0.39 is 12.7 Å². The molecule has 0 aromatic carbocycles. The van der Waals surface area contributed by atoms with E-state index in [9.17, 15) is 18.8 Å². The van der Waals surface area contributed by atoms with Crippen molar-refractivity contribution in [2.45, 2.75) is 91.9 Å². The highest BCUT2D eigenvalue weighted by Crippen LogP contribution is 2.21. The Morgan fingerprint density at radius 3 is 2.24 bits per heavy atom. The summed E-state index contributed by atoms with van der Waals surface area (Å²) in [7, 11) is 1.71. The molecule has 1 unspecified atom stereocenters. The molecule has 7 nitrogen and oxygen atoms in total. The summed E-state index contributed by atoms with van der Waals surface area (Å²) in [5, 5.41) is 5.55. The summed E-state index contributed by atoms with van der Waals surface area (Å²) in [6.45, 7) is 13.9. The molecule has 3 amide bonds. The predicted molar refractivity (Wildman–Crippen MR) is 130 cm³/mol. The first kappa shape index (κ1) is 29.1. The topological polar surface area (TPSA) is 81.8 Å². The molecular formula is C25H45FN4O3. The van der Waals surface area contributed by atoms with Crippen LogP contribution >= 0.6 is 0 Å². The van der Waals surface area contributed by atoms with Crippen molar-refractivity contribution in [3.63, 3.8) is 0 Å². The molecule has 1 rings (SSSR count). The molecule has 3 atom stereocenters. The molecule has 33 heavy (non-hydrogen) atoms. The third-order valence-electron chi connectivity index (χ3n) is 6.38. The standard InChI is InChI=1S/C25H45FN4O3/c1-16(2)21(15-19(7)23(31)27-13-12-26)29(8)25(33)22(17(3)4)28-24(32)20-11-9-10-14-30(20)18(5)6/h15-18,20-22H,9-14H2,1-8H3,(H,27,31)(H,28,32)/b19-15+/t20?,21-,22+/m1/s1. The Morgan fingerprint density at radius 1 is 1.09 bits per heavy atom. The minimum absolute atomic E-state index is 0.0405. The van der Waals surface area contributed by atoms with Gasteiger partial charge in [-0.15, -0.1) is 0 Å². The summed E-state index contributed by atoms with van der Waals surface area (Å²) >= 11 is 0. The van der Waals surface area contributed by atoms with Crippen LogP contribution in [0.25, 0.3) is 0 Å². The number of alkyl halides is 1. The van der Waals surface area contributed by atoms with E-state index in [-0.39, 0.29) is 54.2 Å². The summed E-state index contributed by atoms with van der Waals surface area (Å²) in [5.41, 5.74) is 0.432. The third kappa shape index (κ3) is 8.40. The lowest BCUT2D eigenvalue weighted by Crippen LogP contribution is -2.58. The maximum atomic E-state index is 13.5. The monoisotopic (exact) mass is 468 g/mol. The number of piperidine rings is 1. The molecule has 0 spiro atoms. The quantitative estimate of drug-likeness (QED) is 0.457. The van der Waals surface area contributed by atoms with E-state index in [4.69, 9.17) is 0 Å². The first-order valence-corrected chi connectivity index (χ1v) is 12.3. The number of amides is 3. The van der Waals surface area contributed by atoms with Gasteiger partial charge in [-0.2, -0.15) is 0 Å². The summed E-state index contributed by atoms with van der Waals surface area (Å²) in [6.07, 6.45) is 4.63. The summed E-state index contributed by atoms with van der Waals surface area (Å²) < 4.78 is 12.4. The second-order valence-corrected chi connectivity index (χ2v) is 10.1. The van der Waals surface area contributed by atoms with Gasteiger partial charge in [0.25, 0.3) is 0 Å². The van der Waals surface area contributed by atoms with Gasteiger partial charge in [0.2, 0.25) is 17.7 Å². The molecule has 0 radical (unpaired) electrons. The molecule has 1 heterocycles. The SMILES string of the molecule is C/C(=C\[C@H](C(C)C)N(C)C(=O)[C@@H](NC(=O)C1CCCCN1C(C)C)C(C)C)C(=O)NCCF. The van der Waals surface area contributed by atoms with Gasteiger partial charge in [-0.25, -0.2) is 4.39 Å². The van der Waals surface area contributed by atoms with Crippen molar-refractivity contribution >= 4 is 17.7 Å². The molecule has 1 saturated heterocycles. The van der Waals surface area contributed by atoms with Gasteiger partial charge in [0.1, 0.15) is 12.7 Å². The fraction of sp³-hybridized carbons (Fsp3) is 0.800. The Kier molecular flexibility index (Phi) is 12.0. The number of halogens is 1. The van der Waals surface area contributed by atoms with E-state index >= 15 is 0 Å². The number of carbonyl (C=O) groups excluding carboxylic acids is 3. The van der Waals surface area contributed by atoms with Crippen LogP contribution in [0.3, 0.4) is 0 Å². The molecule has 1 fully saturated rings. The van der Waals surface area contributed by atoms with Crippen LogP contribution in [0, 0.1) is 11.8 Å². The number of hydrogen-bond donors (Lipinski definition) is 2. The lowest BCUT2D eigenvalue weighted by Gasteiger charge is -2.39. The van der Waals surface area contributed by atoms with E-state index in [1.807, 2.05) is 27.7 Å². The van der Waals surface area contributed by atoms with Gasteiger partial charge >= 0.3 is 0 Å². The molecule has 0 bridgehead atoms. The average Bonchev–Trinajstić information content (AvgIpc) is 2.77. The minimum atomic E-state index is -0.659. The highest BCUT2D eigenvalue weighted by atomic mass is 19.1. The molecule has 2 N–H and O–H groups in total. The Morgan fingerprint density at radius 2 is 1.73 bits per heavy atom. The van der Waals surface area contributed by atoms with Crippen LogP contribution in [0.2, 0.25) is 0 Å². The van der Waals surface area contributed by atoms with Crippen LogP contribution in [-0.2, 0) is 14.4 Å². The Balaban J connectivity index is 3.03. The second-order valence-electron chi connectivity index (χ2n) is 10.1. The van der Waals surface area contributed by atoms with Crippen molar-refractivity contribution in [3.05, 3.63) is 11.6 Å². The molecule has 0 aromatic heterocycles. The Labute approximate surface area is 199 Å². The van der Waals surface area contributed by atoms with Gasteiger partial charge in [-0.3, -0.25) is 19.3 Å². The van der Waals surface area contributed by atoms with Gasteiger partial charge in [0.05, 0.1) is 12.1 Å². The number of rotatable bonds is 11. The number of hydrogen-bond acceptors (Lipinski definition) is 4. The fourth-order valence-corrected chi connectivity index (χ4v) is 4.37. The number of likely N-dealkylation sites (tertiary alicyclic amines) is 1. The zero-order valence-corrected chi connectivity index (χ0v) is 21.8. The number of carbonyl (C=O) groups is 3. The molecule has 0 aliphatic carbocycles. The van der Waals surface area contributed by atoms with Crippen molar-refractivity contribution in [1.82, 2.24) is 20.4 Å². The van der Waals surface area contributed by atoms with Gasteiger partial charge in [0.15, 0.2) is 0 Å². The first-order chi connectivity index (χ1) is 15.4. The largest absolute Gasteiger partial charge is 0.350 e. The van der Waals surface area contributed by atoms with Gasteiger partial charge in [-0.1, -0.05) is 40.2 Å². The second kappa shape index (κ2) is 13.7. The number of nitrogens with one attached hydrogen (secondary N) is 2. The first-order valence-electron chi connectivity index (χ1n) is 12.3. The lowest BCUT2D eigenvalue weighted by atomic mass is 9.95. The molecule has 0 saturated carbocycles.